The highest BCUT2D eigenvalue weighted by Crippen LogP contribution is 2.31. The number of carbonyl (C=O) groups is 1. The van der Waals surface area contributed by atoms with E-state index < -0.39 is 5.60 Å². The summed E-state index contributed by atoms with van der Waals surface area (Å²) in [6, 6.07) is 13.7. The Labute approximate surface area is 166 Å². The van der Waals surface area contributed by atoms with Gasteiger partial charge in [-0.15, -0.1) is 0 Å². The molecular weight excluding hydrogens is 352 g/mol. The second-order valence-electron chi connectivity index (χ2n) is 7.81. The summed E-state index contributed by atoms with van der Waals surface area (Å²) in [4.78, 5) is 21.2. The lowest BCUT2D eigenvalue weighted by molar-refractivity contribution is -0.118. The third kappa shape index (κ3) is 4.34. The van der Waals surface area contributed by atoms with Crippen LogP contribution in [0.15, 0.2) is 48.7 Å². The molecule has 0 spiro atoms. The number of pyridine rings is 1. The minimum atomic E-state index is -0.889. The number of benzene rings is 1. The van der Waals surface area contributed by atoms with Crippen molar-refractivity contribution >= 4 is 17.3 Å². The van der Waals surface area contributed by atoms with Crippen molar-refractivity contribution in [1.29, 1.82) is 0 Å². The largest absolute Gasteiger partial charge is 0.383 e. The van der Waals surface area contributed by atoms with E-state index in [2.05, 4.69) is 32.2 Å². The summed E-state index contributed by atoms with van der Waals surface area (Å²) in [6.07, 6.45) is 5.39. The lowest BCUT2D eigenvalue weighted by Gasteiger charge is -2.37. The van der Waals surface area contributed by atoms with Gasteiger partial charge in [0.05, 0.1) is 12.2 Å². The molecule has 3 heterocycles. The van der Waals surface area contributed by atoms with Gasteiger partial charge in [-0.25, -0.2) is 0 Å². The van der Waals surface area contributed by atoms with E-state index in [-0.39, 0.29) is 5.91 Å². The number of nitrogens with zero attached hydrogens (tertiary/aromatic N) is 3. The lowest BCUT2D eigenvalue weighted by Crippen LogP contribution is -2.45. The van der Waals surface area contributed by atoms with Crippen LogP contribution in [0.2, 0.25) is 0 Å². The Morgan fingerprint density at radius 3 is 2.39 bits per heavy atom. The van der Waals surface area contributed by atoms with Crippen molar-refractivity contribution in [2.24, 2.45) is 0 Å². The Hall–Kier alpha value is -2.44. The Bertz CT molecular complexity index is 780. The molecule has 2 aliphatic heterocycles. The summed E-state index contributed by atoms with van der Waals surface area (Å²) in [5.74, 6) is -0.0165. The van der Waals surface area contributed by atoms with Gasteiger partial charge in [0, 0.05) is 43.8 Å². The van der Waals surface area contributed by atoms with Crippen LogP contribution in [0.25, 0.3) is 0 Å². The molecule has 1 aromatic carbocycles. The molecule has 2 fully saturated rings. The minimum absolute atomic E-state index is 0.0165. The molecule has 148 valence electrons. The predicted molar refractivity (Wildman–Crippen MR) is 110 cm³/mol. The maximum atomic E-state index is 12.4. The van der Waals surface area contributed by atoms with Crippen LogP contribution in [0.5, 0.6) is 0 Å². The van der Waals surface area contributed by atoms with Crippen molar-refractivity contribution in [3.05, 3.63) is 54.4 Å². The molecule has 2 aromatic rings. The molecule has 2 N–H and O–H groups in total. The van der Waals surface area contributed by atoms with Crippen LogP contribution >= 0.6 is 0 Å². The van der Waals surface area contributed by atoms with E-state index in [1.54, 1.807) is 6.20 Å². The summed E-state index contributed by atoms with van der Waals surface area (Å²) in [5, 5.41) is 13.8. The maximum Gasteiger partial charge on any atom is 0.238 e. The maximum absolute atomic E-state index is 12.4. The van der Waals surface area contributed by atoms with Crippen LogP contribution in [0.4, 0.5) is 11.4 Å². The Kier molecular flexibility index (Phi) is 5.59. The Morgan fingerprint density at radius 1 is 1.04 bits per heavy atom. The summed E-state index contributed by atoms with van der Waals surface area (Å²) < 4.78 is 0. The number of amides is 1. The average Bonchev–Trinajstić information content (AvgIpc) is 3.26. The van der Waals surface area contributed by atoms with Crippen molar-refractivity contribution in [2.75, 3.05) is 42.9 Å². The van der Waals surface area contributed by atoms with Gasteiger partial charge in [0.1, 0.15) is 5.60 Å². The molecule has 6 heteroatoms. The van der Waals surface area contributed by atoms with Gasteiger partial charge in [-0.1, -0.05) is 6.07 Å². The van der Waals surface area contributed by atoms with Crippen molar-refractivity contribution in [3.8, 4) is 0 Å². The van der Waals surface area contributed by atoms with Crippen molar-refractivity contribution in [3.63, 3.8) is 0 Å². The van der Waals surface area contributed by atoms with Crippen LogP contribution < -0.4 is 10.2 Å². The first-order valence-corrected chi connectivity index (χ1v) is 10.1. The fourth-order valence-electron chi connectivity index (χ4n) is 4.11. The topological polar surface area (TPSA) is 68.7 Å². The molecule has 0 radical (unpaired) electrons. The summed E-state index contributed by atoms with van der Waals surface area (Å²) in [6.45, 7) is 3.92. The fourth-order valence-corrected chi connectivity index (χ4v) is 4.11. The smallest absolute Gasteiger partial charge is 0.238 e. The van der Waals surface area contributed by atoms with Crippen LogP contribution in [0.1, 0.15) is 31.4 Å². The first-order valence-electron chi connectivity index (χ1n) is 10.1. The molecule has 28 heavy (non-hydrogen) atoms. The predicted octanol–water partition coefficient (Wildman–Crippen LogP) is 2.60. The van der Waals surface area contributed by atoms with Crippen LogP contribution in [0.3, 0.4) is 0 Å². The van der Waals surface area contributed by atoms with Gasteiger partial charge >= 0.3 is 0 Å². The van der Waals surface area contributed by atoms with Gasteiger partial charge in [0.2, 0.25) is 5.91 Å². The van der Waals surface area contributed by atoms with Crippen molar-refractivity contribution in [2.45, 2.75) is 31.3 Å². The summed E-state index contributed by atoms with van der Waals surface area (Å²) in [5.41, 5.74) is 1.88. The molecular formula is C22H28N4O2. The Morgan fingerprint density at radius 2 is 1.75 bits per heavy atom. The summed E-state index contributed by atoms with van der Waals surface area (Å²) >= 11 is 0. The molecule has 0 bridgehead atoms. The quantitative estimate of drug-likeness (QED) is 0.835. The van der Waals surface area contributed by atoms with E-state index in [0.717, 1.165) is 24.5 Å². The van der Waals surface area contributed by atoms with E-state index >= 15 is 0 Å². The van der Waals surface area contributed by atoms with Gasteiger partial charge in [-0.2, -0.15) is 0 Å². The van der Waals surface area contributed by atoms with Crippen molar-refractivity contribution in [1.82, 2.24) is 9.88 Å². The molecule has 0 unspecified atom stereocenters. The first-order chi connectivity index (χ1) is 13.6. The molecule has 4 rings (SSSR count). The zero-order valence-corrected chi connectivity index (χ0v) is 16.2. The SMILES string of the molecule is O=C(CN1CCC(O)(c2ccccn2)CC1)Nc1ccc(N2CCCC2)cc1. The van der Waals surface area contributed by atoms with E-state index in [4.69, 9.17) is 0 Å². The first kappa shape index (κ1) is 18.9. The van der Waals surface area contributed by atoms with Crippen LogP contribution in [-0.2, 0) is 10.4 Å². The lowest BCUT2D eigenvalue weighted by atomic mass is 9.88. The van der Waals surface area contributed by atoms with E-state index in [0.29, 0.717) is 32.5 Å². The Balaban J connectivity index is 1.27. The average molecular weight is 380 g/mol. The zero-order chi connectivity index (χ0) is 19.4. The highest BCUT2D eigenvalue weighted by atomic mass is 16.3. The van der Waals surface area contributed by atoms with E-state index in [9.17, 15) is 9.90 Å². The van der Waals surface area contributed by atoms with Gasteiger partial charge < -0.3 is 15.3 Å². The van der Waals surface area contributed by atoms with Gasteiger partial charge in [0.15, 0.2) is 0 Å². The zero-order valence-electron chi connectivity index (χ0n) is 16.2. The number of piperidine rings is 1. The normalized spacial score (nSPS) is 19.5. The number of hydrogen-bond acceptors (Lipinski definition) is 5. The van der Waals surface area contributed by atoms with Gasteiger partial charge in [-0.05, 0) is 62.1 Å². The number of nitrogens with one attached hydrogen (secondary N) is 1. The number of aliphatic hydroxyl groups is 1. The third-order valence-electron chi connectivity index (χ3n) is 5.81. The van der Waals surface area contributed by atoms with Crippen LogP contribution in [0, 0.1) is 0 Å². The number of rotatable bonds is 5. The van der Waals surface area contributed by atoms with Crippen molar-refractivity contribution < 1.29 is 9.90 Å². The number of aromatic nitrogens is 1. The molecule has 6 nitrogen and oxygen atoms in total. The third-order valence-corrected chi connectivity index (χ3v) is 5.81. The summed E-state index contributed by atoms with van der Waals surface area (Å²) in [7, 11) is 0. The fraction of sp³-hybridized carbons (Fsp3) is 0.455. The second-order valence-corrected chi connectivity index (χ2v) is 7.81. The molecule has 2 saturated heterocycles. The highest BCUT2D eigenvalue weighted by Gasteiger charge is 2.35. The molecule has 0 aliphatic carbocycles. The number of carbonyl (C=O) groups excluding carboxylic acids is 1. The number of hydrogen-bond donors (Lipinski definition) is 2. The second kappa shape index (κ2) is 8.29. The molecule has 1 aromatic heterocycles. The van der Waals surface area contributed by atoms with Crippen LogP contribution in [-0.4, -0.2) is 53.6 Å². The minimum Gasteiger partial charge on any atom is -0.383 e. The molecule has 1 amide bonds. The standard InChI is InChI=1S/C22H28N4O2/c27-21(24-18-6-8-19(9-7-18)26-13-3-4-14-26)17-25-15-10-22(28,11-16-25)20-5-1-2-12-23-20/h1-2,5-9,12,28H,3-4,10-11,13-17H2,(H,24,27). The number of anilines is 2. The van der Waals surface area contributed by atoms with E-state index in [1.165, 1.54) is 18.5 Å². The highest BCUT2D eigenvalue weighted by molar-refractivity contribution is 5.92. The number of likely N-dealkylation sites (tertiary alicyclic amines) is 1. The van der Waals surface area contributed by atoms with Gasteiger partial charge in [0.25, 0.3) is 0 Å². The molecule has 0 atom stereocenters. The molecule has 0 saturated carbocycles. The monoisotopic (exact) mass is 380 g/mol. The molecule has 2 aliphatic rings. The van der Waals surface area contributed by atoms with Gasteiger partial charge in [-0.3, -0.25) is 14.7 Å². The van der Waals surface area contributed by atoms with E-state index in [1.807, 2.05) is 30.3 Å².